The largest absolute Gasteiger partial charge is 0.508 e. The zero-order chi connectivity index (χ0) is 27.5. The highest BCUT2D eigenvalue weighted by atomic mass is 16.5. The molecular weight excluding hydrogens is 480 g/mol. The van der Waals surface area contributed by atoms with Gasteiger partial charge in [0.05, 0.1) is 31.6 Å². The Morgan fingerprint density at radius 1 is 1.11 bits per heavy atom. The van der Waals surface area contributed by atoms with Crippen LogP contribution in [-0.4, -0.2) is 43.8 Å². The summed E-state index contributed by atoms with van der Waals surface area (Å²) in [5, 5.41) is 11.5. The predicted molar refractivity (Wildman–Crippen MR) is 150 cm³/mol. The molecule has 0 aliphatic heterocycles. The number of methoxy groups -OCH3 is 2. The summed E-state index contributed by atoms with van der Waals surface area (Å²) < 4.78 is 11.2. The fourth-order valence-corrected chi connectivity index (χ4v) is 9.91. The summed E-state index contributed by atoms with van der Waals surface area (Å²) in [4.78, 5) is 13.8. The molecule has 0 spiro atoms. The Bertz CT molecular complexity index is 1070. The van der Waals surface area contributed by atoms with E-state index in [-0.39, 0.29) is 40.4 Å². The highest BCUT2D eigenvalue weighted by Gasteiger charge is 2.67. The second-order valence-corrected chi connectivity index (χ2v) is 13.3. The van der Waals surface area contributed by atoms with E-state index in [0.29, 0.717) is 34.9 Å². The van der Waals surface area contributed by atoms with Crippen molar-refractivity contribution in [2.45, 2.75) is 77.2 Å². The summed E-state index contributed by atoms with van der Waals surface area (Å²) >= 11 is 0. The number of ketones is 1. The third-order valence-corrected chi connectivity index (χ3v) is 11.6. The summed E-state index contributed by atoms with van der Waals surface area (Å²) in [5.74, 6) is 8.92. The van der Waals surface area contributed by atoms with Crippen LogP contribution < -0.4 is 27.1 Å². The van der Waals surface area contributed by atoms with Crippen molar-refractivity contribution >= 4 is 17.2 Å². The van der Waals surface area contributed by atoms with Crippen LogP contribution in [0.3, 0.4) is 0 Å². The van der Waals surface area contributed by atoms with Crippen molar-refractivity contribution < 1.29 is 19.4 Å². The maximum atomic E-state index is 13.8. The summed E-state index contributed by atoms with van der Waals surface area (Å²) in [7, 11) is 3.33. The standard InChI is InChI=1S/C30H48N4O4/c1-18-7-11-29(17-37-3)19(13-18)8-12-30(32)25-6-5-21(28(25,2)10-9-26(29)30)23(36)16-34(33)22-14-20(35)15-24(38-4)27(22)31/h14-15,18-19,21,25-26,35H,5-13,16-17,31-33H2,1-4H3/t18?,19?,21?,25?,26?,28?,29-,30?/m0/s1. The third kappa shape index (κ3) is 4.09. The van der Waals surface area contributed by atoms with Crippen LogP contribution in [0, 0.1) is 40.4 Å². The predicted octanol–water partition coefficient (Wildman–Crippen LogP) is 4.24. The minimum Gasteiger partial charge on any atom is -0.508 e. The lowest BCUT2D eigenvalue weighted by Crippen LogP contribution is -2.69. The van der Waals surface area contributed by atoms with Gasteiger partial charge in [-0.2, -0.15) is 0 Å². The molecule has 0 aromatic heterocycles. The number of nitrogen functional groups attached to an aromatic ring is 1. The molecule has 5 rings (SSSR count). The lowest BCUT2D eigenvalue weighted by atomic mass is 9.41. The van der Waals surface area contributed by atoms with Gasteiger partial charge in [-0.25, -0.2) is 5.84 Å². The summed E-state index contributed by atoms with van der Waals surface area (Å²) in [6, 6.07) is 2.91. The molecule has 4 saturated carbocycles. The Morgan fingerprint density at radius 2 is 1.87 bits per heavy atom. The SMILES string of the molecule is COC[C@@]12CCC(C)CC1CCC1(N)C3CCC(C(=O)CN(N)c4cc(O)cc(OC)c4N)C3(C)CCC12. The van der Waals surface area contributed by atoms with Crippen molar-refractivity contribution in [3.63, 3.8) is 0 Å². The lowest BCUT2D eigenvalue weighted by Gasteiger charge is -2.66. The van der Waals surface area contributed by atoms with E-state index in [2.05, 4.69) is 13.8 Å². The summed E-state index contributed by atoms with van der Waals surface area (Å²) in [6.45, 7) is 5.53. The number of anilines is 2. The Morgan fingerprint density at radius 3 is 2.58 bits per heavy atom. The van der Waals surface area contributed by atoms with Gasteiger partial charge in [-0.15, -0.1) is 0 Å². The summed E-state index contributed by atoms with van der Waals surface area (Å²) in [5.41, 5.74) is 14.2. The number of carbonyl (C=O) groups excluding carboxylic acids is 1. The van der Waals surface area contributed by atoms with Crippen LogP contribution in [0.1, 0.15) is 71.6 Å². The highest BCUT2D eigenvalue weighted by molar-refractivity contribution is 5.88. The molecule has 0 heterocycles. The Balaban J connectivity index is 1.38. The third-order valence-electron chi connectivity index (χ3n) is 11.6. The number of nitrogens with two attached hydrogens (primary N) is 3. The molecule has 0 saturated heterocycles. The van der Waals surface area contributed by atoms with Crippen LogP contribution >= 0.6 is 0 Å². The van der Waals surface area contributed by atoms with Crippen LogP contribution in [0.5, 0.6) is 11.5 Å². The normalized spacial score (nSPS) is 40.1. The average molecular weight is 529 g/mol. The van der Waals surface area contributed by atoms with E-state index >= 15 is 0 Å². The van der Waals surface area contributed by atoms with Gasteiger partial charge >= 0.3 is 0 Å². The molecule has 7 unspecified atom stereocenters. The van der Waals surface area contributed by atoms with E-state index in [4.69, 9.17) is 26.8 Å². The monoisotopic (exact) mass is 528 g/mol. The number of ether oxygens (including phenoxy) is 2. The second-order valence-electron chi connectivity index (χ2n) is 13.3. The van der Waals surface area contributed by atoms with Crippen LogP contribution in [0.25, 0.3) is 0 Å². The zero-order valence-electron chi connectivity index (χ0n) is 23.7. The van der Waals surface area contributed by atoms with E-state index in [1.165, 1.54) is 49.9 Å². The number of phenolic OH excluding ortho intramolecular Hbond substituents is 1. The zero-order valence-corrected chi connectivity index (χ0v) is 23.7. The second kappa shape index (κ2) is 9.86. The molecule has 4 aliphatic rings. The molecule has 0 bridgehead atoms. The van der Waals surface area contributed by atoms with Gasteiger partial charge in [-0.05, 0) is 80.5 Å². The molecule has 1 aromatic carbocycles. The van der Waals surface area contributed by atoms with Crippen molar-refractivity contribution in [3.05, 3.63) is 12.1 Å². The number of fused-ring (bicyclic) bond motifs is 5. The molecule has 0 radical (unpaired) electrons. The summed E-state index contributed by atoms with van der Waals surface area (Å²) in [6.07, 6.45) is 9.86. The Labute approximate surface area is 227 Å². The molecule has 7 N–H and O–H groups in total. The molecule has 4 fully saturated rings. The highest BCUT2D eigenvalue weighted by Crippen LogP contribution is 2.68. The van der Waals surface area contributed by atoms with E-state index in [1.807, 2.05) is 7.11 Å². The van der Waals surface area contributed by atoms with Gasteiger partial charge in [0.25, 0.3) is 0 Å². The van der Waals surface area contributed by atoms with Gasteiger partial charge in [0.15, 0.2) is 5.78 Å². The molecule has 212 valence electrons. The number of Topliss-reactive ketones (excluding diaryl/α,β-unsaturated/α-hetero) is 1. The number of hydrogen-bond donors (Lipinski definition) is 4. The van der Waals surface area contributed by atoms with Crippen molar-refractivity contribution in [1.82, 2.24) is 0 Å². The topological polar surface area (TPSA) is 137 Å². The first kappa shape index (κ1) is 27.5. The molecule has 8 atom stereocenters. The van der Waals surface area contributed by atoms with Crippen LogP contribution in [0.15, 0.2) is 12.1 Å². The van der Waals surface area contributed by atoms with Gasteiger partial charge < -0.3 is 31.1 Å². The molecule has 8 nitrogen and oxygen atoms in total. The van der Waals surface area contributed by atoms with Crippen LogP contribution in [0.4, 0.5) is 11.4 Å². The molecule has 38 heavy (non-hydrogen) atoms. The van der Waals surface area contributed by atoms with Crippen molar-refractivity contribution in [1.29, 1.82) is 0 Å². The minimum atomic E-state index is -0.261. The maximum absolute atomic E-state index is 13.8. The molecule has 0 amide bonds. The van der Waals surface area contributed by atoms with Gasteiger partial charge in [0.2, 0.25) is 0 Å². The van der Waals surface area contributed by atoms with Gasteiger partial charge in [-0.3, -0.25) is 4.79 Å². The quantitative estimate of drug-likeness (QED) is 0.179. The van der Waals surface area contributed by atoms with Crippen LogP contribution in [0.2, 0.25) is 0 Å². The first-order chi connectivity index (χ1) is 18.0. The molecule has 1 aromatic rings. The fraction of sp³-hybridized carbons (Fsp3) is 0.767. The lowest BCUT2D eigenvalue weighted by molar-refractivity contribution is -0.163. The number of carbonyl (C=O) groups is 1. The number of aromatic hydroxyl groups is 1. The van der Waals surface area contributed by atoms with Crippen molar-refractivity contribution in [2.24, 2.45) is 52.0 Å². The van der Waals surface area contributed by atoms with E-state index < -0.39 is 0 Å². The molecule has 8 heteroatoms. The number of hydrogen-bond acceptors (Lipinski definition) is 8. The average Bonchev–Trinajstić information content (AvgIpc) is 3.24. The Kier molecular flexibility index (Phi) is 7.15. The number of phenols is 1. The first-order valence-electron chi connectivity index (χ1n) is 14.5. The van der Waals surface area contributed by atoms with Gasteiger partial charge in [0, 0.05) is 36.1 Å². The van der Waals surface area contributed by atoms with E-state index in [0.717, 1.165) is 44.6 Å². The van der Waals surface area contributed by atoms with Gasteiger partial charge in [0.1, 0.15) is 11.5 Å². The number of hydrazine groups is 1. The smallest absolute Gasteiger partial charge is 0.157 e. The minimum absolute atomic E-state index is 0.0112. The van der Waals surface area contributed by atoms with E-state index in [1.54, 1.807) is 0 Å². The Hall–Kier alpha value is -2.03. The number of nitrogens with zero attached hydrogens (tertiary/aromatic N) is 1. The van der Waals surface area contributed by atoms with Crippen LogP contribution in [-0.2, 0) is 9.53 Å². The molecular formula is C30H48N4O4. The van der Waals surface area contributed by atoms with Gasteiger partial charge in [-0.1, -0.05) is 20.3 Å². The van der Waals surface area contributed by atoms with Crippen molar-refractivity contribution in [3.8, 4) is 11.5 Å². The van der Waals surface area contributed by atoms with E-state index in [9.17, 15) is 9.90 Å². The first-order valence-corrected chi connectivity index (χ1v) is 14.5. The number of benzene rings is 1. The van der Waals surface area contributed by atoms with Crippen molar-refractivity contribution in [2.75, 3.05) is 38.1 Å². The maximum Gasteiger partial charge on any atom is 0.157 e. The number of rotatable bonds is 7. The molecule has 4 aliphatic carbocycles. The fourth-order valence-electron chi connectivity index (χ4n) is 9.91.